The molecule has 2 aromatic carbocycles. The van der Waals surface area contributed by atoms with Gasteiger partial charge in [0, 0.05) is 12.5 Å². The first-order chi connectivity index (χ1) is 11.9. The summed E-state index contributed by atoms with van der Waals surface area (Å²) in [4.78, 5) is 1.98. The van der Waals surface area contributed by atoms with Crippen LogP contribution >= 0.6 is 0 Å². The summed E-state index contributed by atoms with van der Waals surface area (Å²) in [5.74, 6) is -0.581. The van der Waals surface area contributed by atoms with Crippen molar-refractivity contribution in [3.05, 3.63) is 59.4 Å². The molecule has 4 rings (SSSR count). The van der Waals surface area contributed by atoms with Crippen molar-refractivity contribution >= 4 is 15.7 Å². The van der Waals surface area contributed by atoms with E-state index in [-0.39, 0.29) is 16.9 Å². The van der Waals surface area contributed by atoms with Gasteiger partial charge in [-0.3, -0.25) is 4.31 Å². The average Bonchev–Trinajstić information content (AvgIpc) is 2.89. The molecule has 0 aromatic heterocycles. The van der Waals surface area contributed by atoms with Crippen LogP contribution in [-0.2, 0) is 10.0 Å². The summed E-state index contributed by atoms with van der Waals surface area (Å²) in [6.45, 7) is 3.65. The summed E-state index contributed by atoms with van der Waals surface area (Å²) in [5, 5.41) is 0. The minimum Gasteiger partial charge on any atom is -0.306 e. The first kappa shape index (κ1) is 16.5. The van der Waals surface area contributed by atoms with Crippen LogP contribution in [0.5, 0.6) is 0 Å². The van der Waals surface area contributed by atoms with Gasteiger partial charge < -0.3 is 4.90 Å². The molecule has 2 heterocycles. The van der Waals surface area contributed by atoms with Gasteiger partial charge in [0.2, 0.25) is 0 Å². The van der Waals surface area contributed by atoms with Gasteiger partial charge in [0.25, 0.3) is 10.0 Å². The fourth-order valence-electron chi connectivity index (χ4n) is 4.11. The smallest absolute Gasteiger partial charge is 0.267 e. The van der Waals surface area contributed by atoms with Gasteiger partial charge >= 0.3 is 0 Å². The number of aryl methyl sites for hydroxylation is 1. The highest BCUT2D eigenvalue weighted by atomic mass is 32.2. The molecule has 0 bridgehead atoms. The zero-order valence-electron chi connectivity index (χ0n) is 14.3. The van der Waals surface area contributed by atoms with Crippen LogP contribution in [0, 0.1) is 12.7 Å². The van der Waals surface area contributed by atoms with Crippen molar-refractivity contribution in [1.82, 2.24) is 4.90 Å². The molecule has 2 aliphatic rings. The van der Waals surface area contributed by atoms with Crippen LogP contribution in [0.3, 0.4) is 0 Å². The third-order valence-electron chi connectivity index (χ3n) is 5.27. The molecular weight excluding hydrogens is 339 g/mol. The molecule has 1 fully saturated rings. The number of halogens is 1. The molecule has 0 N–H and O–H groups in total. The molecular formula is C19H21FN2O2S. The van der Waals surface area contributed by atoms with E-state index in [4.69, 9.17) is 0 Å². The van der Waals surface area contributed by atoms with E-state index in [0.717, 1.165) is 30.6 Å². The standard InChI is InChI=1S/C19H21FN2O2S/c1-13-7-8-17-14(11-13)15-12-21(2)10-9-18(15)22(17)25(23,24)19-6-4-3-5-16(19)20/h3-8,11,15,18H,9-10,12H2,1-2H3/t15-,18-/m1/s1. The number of piperidine rings is 1. The molecule has 0 amide bonds. The zero-order chi connectivity index (χ0) is 17.8. The Labute approximate surface area is 147 Å². The number of likely N-dealkylation sites (tertiary alicyclic amines) is 1. The van der Waals surface area contributed by atoms with Crippen molar-refractivity contribution in [2.24, 2.45) is 0 Å². The SMILES string of the molecule is Cc1ccc2c(c1)[C@H]1CN(C)CC[C@H]1N2S(=O)(=O)c1ccccc1F. The molecule has 4 nitrogen and oxygen atoms in total. The zero-order valence-corrected chi connectivity index (χ0v) is 15.1. The van der Waals surface area contributed by atoms with Crippen LogP contribution in [0.4, 0.5) is 10.1 Å². The molecule has 132 valence electrons. The second-order valence-corrected chi connectivity index (χ2v) is 8.80. The summed E-state index contributed by atoms with van der Waals surface area (Å²) in [5.41, 5.74) is 2.85. The second kappa shape index (κ2) is 5.81. The van der Waals surface area contributed by atoms with E-state index in [0.29, 0.717) is 5.69 Å². The average molecular weight is 360 g/mol. The summed E-state index contributed by atoms with van der Waals surface area (Å²) >= 11 is 0. The fourth-order valence-corrected chi connectivity index (χ4v) is 5.92. The van der Waals surface area contributed by atoms with E-state index in [1.54, 1.807) is 6.07 Å². The lowest BCUT2D eigenvalue weighted by molar-refractivity contribution is 0.237. The monoisotopic (exact) mass is 360 g/mol. The third-order valence-corrected chi connectivity index (χ3v) is 7.15. The van der Waals surface area contributed by atoms with Crippen molar-refractivity contribution in [2.45, 2.75) is 30.2 Å². The van der Waals surface area contributed by atoms with Gasteiger partial charge in [-0.15, -0.1) is 0 Å². The number of hydrogen-bond donors (Lipinski definition) is 0. The summed E-state index contributed by atoms with van der Waals surface area (Å²) in [7, 11) is -1.89. The molecule has 6 heteroatoms. The lowest BCUT2D eigenvalue weighted by Gasteiger charge is -2.36. The number of sulfonamides is 1. The van der Waals surface area contributed by atoms with Gasteiger partial charge in [-0.25, -0.2) is 12.8 Å². The lowest BCUT2D eigenvalue weighted by Crippen LogP contribution is -2.47. The fraction of sp³-hybridized carbons (Fsp3) is 0.368. The summed E-state index contributed by atoms with van der Waals surface area (Å²) < 4.78 is 42.3. The van der Waals surface area contributed by atoms with E-state index in [2.05, 4.69) is 18.0 Å². The van der Waals surface area contributed by atoms with Crippen molar-refractivity contribution in [2.75, 3.05) is 24.4 Å². The molecule has 25 heavy (non-hydrogen) atoms. The van der Waals surface area contributed by atoms with Gasteiger partial charge in [0.1, 0.15) is 10.7 Å². The van der Waals surface area contributed by atoms with E-state index in [1.807, 2.05) is 19.1 Å². The largest absolute Gasteiger partial charge is 0.306 e. The van der Waals surface area contributed by atoms with Gasteiger partial charge in [-0.1, -0.05) is 29.8 Å². The summed E-state index contributed by atoms with van der Waals surface area (Å²) in [6.07, 6.45) is 0.739. The Balaban J connectivity index is 1.89. The number of rotatable bonds is 2. The van der Waals surface area contributed by atoms with E-state index in [9.17, 15) is 12.8 Å². The van der Waals surface area contributed by atoms with Crippen LogP contribution < -0.4 is 4.31 Å². The van der Waals surface area contributed by atoms with Crippen LogP contribution in [0.15, 0.2) is 47.4 Å². The number of likely N-dealkylation sites (N-methyl/N-ethyl adjacent to an activating group) is 1. The predicted molar refractivity (Wildman–Crippen MR) is 95.9 cm³/mol. The number of nitrogens with zero attached hydrogens (tertiary/aromatic N) is 2. The Kier molecular flexibility index (Phi) is 3.85. The number of benzene rings is 2. The molecule has 0 aliphatic carbocycles. The van der Waals surface area contributed by atoms with Crippen LogP contribution in [0.25, 0.3) is 0 Å². The van der Waals surface area contributed by atoms with E-state index < -0.39 is 15.8 Å². The highest BCUT2D eigenvalue weighted by Gasteiger charge is 2.47. The Bertz CT molecular complexity index is 929. The van der Waals surface area contributed by atoms with Crippen molar-refractivity contribution in [3.63, 3.8) is 0 Å². The van der Waals surface area contributed by atoms with Crippen molar-refractivity contribution < 1.29 is 12.8 Å². The topological polar surface area (TPSA) is 40.6 Å². The normalized spacial score (nSPS) is 23.4. The van der Waals surface area contributed by atoms with Gasteiger partial charge in [0.05, 0.1) is 11.7 Å². The molecule has 0 spiro atoms. The molecule has 2 aromatic rings. The predicted octanol–water partition coefficient (Wildman–Crippen LogP) is 3.13. The lowest BCUT2D eigenvalue weighted by atomic mass is 9.89. The number of fused-ring (bicyclic) bond motifs is 3. The molecule has 0 saturated carbocycles. The van der Waals surface area contributed by atoms with Crippen molar-refractivity contribution in [1.29, 1.82) is 0 Å². The first-order valence-corrected chi connectivity index (χ1v) is 9.91. The maximum atomic E-state index is 14.3. The Hall–Kier alpha value is -1.92. The van der Waals surface area contributed by atoms with Crippen LogP contribution in [0.1, 0.15) is 23.5 Å². The maximum Gasteiger partial charge on any atom is 0.267 e. The van der Waals surface area contributed by atoms with Crippen molar-refractivity contribution in [3.8, 4) is 0 Å². The highest BCUT2D eigenvalue weighted by Crippen LogP contribution is 2.47. The minimum absolute atomic E-state index is 0.121. The molecule has 1 saturated heterocycles. The number of anilines is 1. The second-order valence-electron chi connectivity index (χ2n) is 7.02. The minimum atomic E-state index is -3.94. The third kappa shape index (κ3) is 2.55. The molecule has 2 atom stereocenters. The molecule has 0 unspecified atom stereocenters. The highest BCUT2D eigenvalue weighted by molar-refractivity contribution is 7.92. The maximum absolute atomic E-state index is 14.3. The Morgan fingerprint density at radius 3 is 2.68 bits per heavy atom. The first-order valence-electron chi connectivity index (χ1n) is 8.47. The van der Waals surface area contributed by atoms with Gasteiger partial charge in [-0.2, -0.15) is 0 Å². The van der Waals surface area contributed by atoms with E-state index in [1.165, 1.54) is 22.5 Å². The Morgan fingerprint density at radius 1 is 1.16 bits per heavy atom. The molecule has 2 aliphatic heterocycles. The van der Waals surface area contributed by atoms with Gasteiger partial charge in [-0.05, 0) is 50.7 Å². The Morgan fingerprint density at radius 2 is 1.92 bits per heavy atom. The van der Waals surface area contributed by atoms with Crippen LogP contribution in [-0.4, -0.2) is 39.5 Å². The van der Waals surface area contributed by atoms with E-state index >= 15 is 0 Å². The van der Waals surface area contributed by atoms with Gasteiger partial charge in [0.15, 0.2) is 0 Å². The molecule has 0 radical (unpaired) electrons. The van der Waals surface area contributed by atoms with Crippen LogP contribution in [0.2, 0.25) is 0 Å². The quantitative estimate of drug-likeness (QED) is 0.826. The summed E-state index contributed by atoms with van der Waals surface area (Å²) in [6, 6.07) is 11.3. The number of hydrogen-bond acceptors (Lipinski definition) is 3.